The van der Waals surface area contributed by atoms with Crippen molar-refractivity contribution in [3.05, 3.63) is 0 Å². The van der Waals surface area contributed by atoms with Crippen LogP contribution in [0.4, 0.5) is 0 Å². The summed E-state index contributed by atoms with van der Waals surface area (Å²) < 4.78 is 0. The molecule has 0 heterocycles. The van der Waals surface area contributed by atoms with Crippen LogP contribution in [0.3, 0.4) is 0 Å². The van der Waals surface area contributed by atoms with Gasteiger partial charge in [0, 0.05) is 0 Å². The van der Waals surface area contributed by atoms with Crippen molar-refractivity contribution < 1.29 is 33.9 Å². The van der Waals surface area contributed by atoms with E-state index in [1.165, 1.54) is 0 Å². The zero-order valence-electron chi connectivity index (χ0n) is 18.0. The van der Waals surface area contributed by atoms with Crippen LogP contribution in [0.1, 0.15) is 40.5 Å². The first-order chi connectivity index (χ1) is 14.2. The molecule has 0 aliphatic rings. The summed E-state index contributed by atoms with van der Waals surface area (Å²) in [6, 6.07) is -5.07. The lowest BCUT2D eigenvalue weighted by atomic mass is 9.99. The highest BCUT2D eigenvalue weighted by atomic mass is 16.4. The van der Waals surface area contributed by atoms with Crippen LogP contribution in [0.5, 0.6) is 0 Å². The number of carboxylic acid groups (broad SMARTS) is 1. The van der Waals surface area contributed by atoms with Gasteiger partial charge in [-0.1, -0.05) is 27.7 Å². The second kappa shape index (κ2) is 12.5. The molecule has 0 saturated carbocycles. The van der Waals surface area contributed by atoms with E-state index in [9.17, 15) is 28.8 Å². The minimum absolute atomic E-state index is 0.411. The fourth-order valence-electron chi connectivity index (χ4n) is 2.55. The third kappa shape index (κ3) is 9.89. The molecule has 0 aliphatic carbocycles. The van der Waals surface area contributed by atoms with E-state index in [1.54, 1.807) is 27.7 Å². The van der Waals surface area contributed by atoms with Gasteiger partial charge in [0.15, 0.2) is 0 Å². The number of carboxylic acids is 1. The lowest BCUT2D eigenvalue weighted by Crippen LogP contribution is -2.59. The quantitative estimate of drug-likeness (QED) is 0.153. The maximum Gasteiger partial charge on any atom is 0.326 e. The largest absolute Gasteiger partial charge is 0.480 e. The van der Waals surface area contributed by atoms with Crippen LogP contribution < -0.4 is 33.2 Å². The van der Waals surface area contributed by atoms with Gasteiger partial charge in [0.1, 0.15) is 18.1 Å². The van der Waals surface area contributed by atoms with Crippen LogP contribution in [0.15, 0.2) is 0 Å². The number of nitrogens with two attached hydrogens (primary N) is 3. The summed E-state index contributed by atoms with van der Waals surface area (Å²) in [4.78, 5) is 70.7. The molecule has 0 unspecified atom stereocenters. The van der Waals surface area contributed by atoms with Gasteiger partial charge < -0.3 is 38.3 Å². The Morgan fingerprint density at radius 3 is 1.45 bits per heavy atom. The topological polar surface area (TPSA) is 237 Å². The van der Waals surface area contributed by atoms with E-state index >= 15 is 0 Å². The number of hydrogen-bond acceptors (Lipinski definition) is 7. The van der Waals surface area contributed by atoms with Crippen molar-refractivity contribution >= 4 is 35.5 Å². The highest BCUT2D eigenvalue weighted by Gasteiger charge is 2.33. The second-order valence-electron chi connectivity index (χ2n) is 7.81. The SMILES string of the molecule is CC(C)[C@H](NC(=O)[C@@H](NC(=O)[C@@H](N)CC(N)=O)C(C)C)C(=O)N[C@@H](CC(N)=O)C(=O)O. The molecule has 13 nitrogen and oxygen atoms in total. The third-order valence-corrected chi connectivity index (χ3v) is 4.27. The smallest absolute Gasteiger partial charge is 0.326 e. The highest BCUT2D eigenvalue weighted by Crippen LogP contribution is 2.08. The molecule has 0 aromatic carbocycles. The van der Waals surface area contributed by atoms with Crippen LogP contribution in [-0.4, -0.2) is 64.8 Å². The van der Waals surface area contributed by atoms with Crippen molar-refractivity contribution in [1.29, 1.82) is 0 Å². The van der Waals surface area contributed by atoms with Crippen LogP contribution in [0.2, 0.25) is 0 Å². The van der Waals surface area contributed by atoms with E-state index in [2.05, 4.69) is 16.0 Å². The standard InChI is InChI=1S/C18H32N6O7/c1-7(2)13(16(28)22-10(18(30)31)6-12(21)26)24-17(29)14(8(3)4)23-15(27)9(19)5-11(20)25/h7-10,13-14H,5-6,19H2,1-4H3,(H2,20,25)(H2,21,26)(H,22,28)(H,23,27)(H,24,29)(H,30,31)/t9-,10-,13-,14-/m0/s1. The van der Waals surface area contributed by atoms with Gasteiger partial charge in [-0.3, -0.25) is 24.0 Å². The number of amides is 5. The predicted molar refractivity (Wildman–Crippen MR) is 109 cm³/mol. The molecule has 5 amide bonds. The average Bonchev–Trinajstić information content (AvgIpc) is 2.61. The molecule has 31 heavy (non-hydrogen) atoms. The summed E-state index contributed by atoms with van der Waals surface area (Å²) in [5.74, 6) is -6.37. The van der Waals surface area contributed by atoms with E-state index < -0.39 is 84.4 Å². The number of hydrogen-bond donors (Lipinski definition) is 7. The molecule has 0 radical (unpaired) electrons. The van der Waals surface area contributed by atoms with Gasteiger partial charge in [0.25, 0.3) is 0 Å². The highest BCUT2D eigenvalue weighted by molar-refractivity contribution is 5.95. The Bertz CT molecular complexity index is 710. The Labute approximate surface area is 179 Å². The Balaban J connectivity index is 5.38. The van der Waals surface area contributed by atoms with Crippen molar-refractivity contribution in [3.63, 3.8) is 0 Å². The van der Waals surface area contributed by atoms with Crippen molar-refractivity contribution in [2.75, 3.05) is 0 Å². The number of primary amides is 2. The molecule has 0 rings (SSSR count). The fraction of sp³-hybridized carbons (Fsp3) is 0.667. The molecule has 4 atom stereocenters. The fourth-order valence-corrected chi connectivity index (χ4v) is 2.55. The first kappa shape index (κ1) is 27.8. The van der Waals surface area contributed by atoms with Crippen molar-refractivity contribution in [1.82, 2.24) is 16.0 Å². The molecule has 13 heteroatoms. The Hall–Kier alpha value is -3.22. The van der Waals surface area contributed by atoms with E-state index in [-0.39, 0.29) is 0 Å². The first-order valence-electron chi connectivity index (χ1n) is 9.63. The van der Waals surface area contributed by atoms with Crippen LogP contribution in [0, 0.1) is 11.8 Å². The third-order valence-electron chi connectivity index (χ3n) is 4.27. The van der Waals surface area contributed by atoms with E-state index in [4.69, 9.17) is 22.3 Å². The van der Waals surface area contributed by atoms with Crippen LogP contribution in [0.25, 0.3) is 0 Å². The zero-order valence-corrected chi connectivity index (χ0v) is 18.0. The predicted octanol–water partition coefficient (Wildman–Crippen LogP) is -3.08. The summed E-state index contributed by atoms with van der Waals surface area (Å²) in [6.45, 7) is 6.50. The van der Waals surface area contributed by atoms with Gasteiger partial charge in [-0.05, 0) is 11.8 Å². The summed E-state index contributed by atoms with van der Waals surface area (Å²) in [5, 5.41) is 16.2. The minimum Gasteiger partial charge on any atom is -0.480 e. The lowest BCUT2D eigenvalue weighted by molar-refractivity contribution is -0.144. The zero-order chi connectivity index (χ0) is 24.5. The first-order valence-corrected chi connectivity index (χ1v) is 9.63. The van der Waals surface area contributed by atoms with Gasteiger partial charge in [-0.25, -0.2) is 4.79 Å². The average molecular weight is 444 g/mol. The van der Waals surface area contributed by atoms with Crippen molar-refractivity contribution in [2.45, 2.75) is 64.7 Å². The monoisotopic (exact) mass is 444 g/mol. The molecule has 0 spiro atoms. The molecule has 176 valence electrons. The van der Waals surface area contributed by atoms with Gasteiger partial charge in [-0.2, -0.15) is 0 Å². The molecule has 0 aromatic rings. The molecule has 0 bridgehead atoms. The molecular formula is C18H32N6O7. The number of rotatable bonds is 13. The number of aliphatic carboxylic acids is 1. The summed E-state index contributed by atoms with van der Waals surface area (Å²) in [5.41, 5.74) is 15.6. The molecule has 0 aromatic heterocycles. The van der Waals surface area contributed by atoms with Gasteiger partial charge in [0.05, 0.1) is 18.9 Å². The number of carbonyl (C=O) groups excluding carboxylic acids is 5. The lowest BCUT2D eigenvalue weighted by Gasteiger charge is -2.28. The molecular weight excluding hydrogens is 412 g/mol. The summed E-state index contributed by atoms with van der Waals surface area (Å²) in [6.07, 6.45) is -1.03. The van der Waals surface area contributed by atoms with E-state index in [0.717, 1.165) is 0 Å². The molecule has 0 saturated heterocycles. The Kier molecular flexibility index (Phi) is 11.2. The molecule has 10 N–H and O–H groups in total. The Morgan fingerprint density at radius 1 is 0.710 bits per heavy atom. The summed E-state index contributed by atoms with van der Waals surface area (Å²) in [7, 11) is 0. The maximum absolute atomic E-state index is 12.8. The molecule has 0 fully saturated rings. The van der Waals surface area contributed by atoms with E-state index in [0.29, 0.717) is 0 Å². The van der Waals surface area contributed by atoms with Crippen LogP contribution >= 0.6 is 0 Å². The van der Waals surface area contributed by atoms with Crippen molar-refractivity contribution in [3.8, 4) is 0 Å². The normalized spacial score (nSPS) is 14.8. The second-order valence-corrected chi connectivity index (χ2v) is 7.81. The molecule has 0 aliphatic heterocycles. The summed E-state index contributed by atoms with van der Waals surface area (Å²) >= 11 is 0. The van der Waals surface area contributed by atoms with Gasteiger partial charge in [0.2, 0.25) is 29.5 Å². The van der Waals surface area contributed by atoms with Gasteiger partial charge >= 0.3 is 5.97 Å². The maximum atomic E-state index is 12.8. The van der Waals surface area contributed by atoms with Gasteiger partial charge in [-0.15, -0.1) is 0 Å². The number of nitrogens with one attached hydrogen (secondary N) is 3. The Morgan fingerprint density at radius 2 is 1.10 bits per heavy atom. The van der Waals surface area contributed by atoms with Crippen molar-refractivity contribution in [2.24, 2.45) is 29.0 Å². The number of carbonyl (C=O) groups is 6. The van der Waals surface area contributed by atoms with Crippen LogP contribution in [-0.2, 0) is 28.8 Å². The minimum atomic E-state index is -1.56. The van der Waals surface area contributed by atoms with E-state index in [1.807, 2.05) is 0 Å².